The number of esters is 1. The summed E-state index contributed by atoms with van der Waals surface area (Å²) < 4.78 is 72.2. The molecule has 0 fully saturated rings. The van der Waals surface area contributed by atoms with Crippen molar-refractivity contribution >= 4 is 28.6 Å². The summed E-state index contributed by atoms with van der Waals surface area (Å²) in [6.45, 7) is 12.6. The van der Waals surface area contributed by atoms with E-state index >= 15 is 0 Å². The average molecular weight is 861 g/mol. The summed E-state index contributed by atoms with van der Waals surface area (Å²) >= 11 is 2.42. The number of hydrogen-bond donors (Lipinski definition) is 0. The highest BCUT2D eigenvalue weighted by Crippen LogP contribution is 2.02. The van der Waals surface area contributed by atoms with Gasteiger partial charge >= 0.3 is 5.97 Å². The molecule has 0 aliphatic heterocycles. The number of hydrogen-bond acceptors (Lipinski definition) is 14. The van der Waals surface area contributed by atoms with Crippen LogP contribution in [0.5, 0.6) is 0 Å². The molecule has 0 atom stereocenters. The van der Waals surface area contributed by atoms with Crippen molar-refractivity contribution in [1.82, 2.24) is 0 Å². The highest BCUT2D eigenvalue weighted by molar-refractivity contribution is 14.1. The Morgan fingerprint density at radius 1 is 0.346 bits per heavy atom. The topological polar surface area (TPSA) is 137 Å². The lowest BCUT2D eigenvalue weighted by atomic mass is 10.2. The summed E-state index contributed by atoms with van der Waals surface area (Å²) in [4.78, 5) is 11.8. The predicted octanol–water partition coefficient (Wildman–Crippen LogP) is 4.04. The number of alkyl halides is 1. The molecule has 0 amide bonds. The predicted molar refractivity (Wildman–Crippen MR) is 204 cm³/mol. The molecule has 0 aromatic heterocycles. The van der Waals surface area contributed by atoms with Crippen molar-refractivity contribution in [1.29, 1.82) is 0 Å². The molecule has 0 spiro atoms. The minimum absolute atomic E-state index is 0.201. The van der Waals surface area contributed by atoms with Crippen LogP contribution in [-0.2, 0) is 61.6 Å². The maximum absolute atomic E-state index is 11.8. The van der Waals surface area contributed by atoms with Crippen LogP contribution in [0.1, 0.15) is 36.0 Å². The number of unbranched alkanes of at least 4 members (excludes halogenated alkanes) is 3. The first kappa shape index (κ1) is 49.0. The van der Waals surface area contributed by atoms with Crippen molar-refractivity contribution in [2.24, 2.45) is 0 Å². The monoisotopic (exact) mass is 860 g/mol. The maximum atomic E-state index is 11.8. The number of halogens is 1. The molecular formula is C37H65IO14. The van der Waals surface area contributed by atoms with E-state index in [0.29, 0.717) is 158 Å². The van der Waals surface area contributed by atoms with E-state index in [9.17, 15) is 4.79 Å². The van der Waals surface area contributed by atoms with Crippen molar-refractivity contribution in [3.8, 4) is 0 Å². The molecule has 15 heteroatoms. The summed E-state index contributed by atoms with van der Waals surface area (Å²) in [6, 6.07) is 8.86. The van der Waals surface area contributed by atoms with Gasteiger partial charge in [0.2, 0.25) is 0 Å². The van der Waals surface area contributed by atoms with Crippen LogP contribution in [0.4, 0.5) is 0 Å². The molecule has 0 unspecified atom stereocenters. The third-order valence-corrected chi connectivity index (χ3v) is 7.50. The number of rotatable bonds is 43. The first-order valence-electron chi connectivity index (χ1n) is 18.6. The zero-order chi connectivity index (χ0) is 37.1. The molecule has 0 heterocycles. The van der Waals surface area contributed by atoms with Crippen LogP contribution in [0.2, 0.25) is 0 Å². The van der Waals surface area contributed by atoms with E-state index in [1.54, 1.807) is 24.3 Å². The number of benzene rings is 1. The van der Waals surface area contributed by atoms with Crippen LogP contribution in [0, 0.1) is 0 Å². The molecule has 0 bridgehead atoms. The van der Waals surface area contributed by atoms with E-state index in [0.717, 1.165) is 13.0 Å². The Bertz CT molecular complexity index is 842. The van der Waals surface area contributed by atoms with E-state index in [2.05, 4.69) is 22.6 Å². The van der Waals surface area contributed by atoms with Crippen LogP contribution in [-0.4, -0.2) is 176 Å². The van der Waals surface area contributed by atoms with Gasteiger partial charge < -0.3 is 61.6 Å². The van der Waals surface area contributed by atoms with Crippen LogP contribution < -0.4 is 0 Å². The molecule has 52 heavy (non-hydrogen) atoms. The number of carbonyl (C=O) groups excluding carboxylic acids is 1. The fourth-order valence-electron chi connectivity index (χ4n) is 4.02. The minimum atomic E-state index is -0.356. The van der Waals surface area contributed by atoms with Gasteiger partial charge in [0, 0.05) is 6.61 Å². The van der Waals surface area contributed by atoms with Crippen molar-refractivity contribution in [3.05, 3.63) is 35.9 Å². The Morgan fingerprint density at radius 2 is 0.615 bits per heavy atom. The molecule has 0 N–H and O–H groups in total. The second kappa shape index (κ2) is 42.7. The Labute approximate surface area is 325 Å². The van der Waals surface area contributed by atoms with Crippen LogP contribution in [0.25, 0.3) is 0 Å². The zero-order valence-electron chi connectivity index (χ0n) is 31.2. The normalized spacial score (nSPS) is 11.4. The summed E-state index contributed by atoms with van der Waals surface area (Å²) in [5.41, 5.74) is 0.525. The molecule has 0 aliphatic rings. The first-order valence-corrected chi connectivity index (χ1v) is 20.1. The van der Waals surface area contributed by atoms with Crippen molar-refractivity contribution in [3.63, 3.8) is 0 Å². The van der Waals surface area contributed by atoms with Crippen LogP contribution in [0.3, 0.4) is 0 Å². The summed E-state index contributed by atoms with van der Waals surface area (Å²) in [5.74, 6) is -0.356. The Balaban J connectivity index is 1.62. The maximum Gasteiger partial charge on any atom is 0.338 e. The van der Waals surface area contributed by atoms with E-state index in [4.69, 9.17) is 61.6 Å². The summed E-state index contributed by atoms with van der Waals surface area (Å²) in [7, 11) is 0. The standard InChI is InChI=1S/C37H65IO14/c38-10-6-1-2-7-11-40-12-13-41-14-15-42-16-17-43-18-19-44-20-21-45-22-23-46-24-25-47-26-27-48-28-29-49-30-31-50-32-33-51-34-35-52-37(39)36-8-4-3-5-9-36/h3-5,8-9H,1-2,6-7,10-35H2. The quantitative estimate of drug-likeness (QED) is 0.0405. The van der Waals surface area contributed by atoms with Crippen molar-refractivity contribution in [2.75, 3.05) is 170 Å². The average Bonchev–Trinajstić information content (AvgIpc) is 3.17. The summed E-state index contributed by atoms with van der Waals surface area (Å²) in [5, 5.41) is 0. The van der Waals surface area contributed by atoms with Gasteiger partial charge in [-0.05, 0) is 29.4 Å². The van der Waals surface area contributed by atoms with Gasteiger partial charge in [-0.3, -0.25) is 0 Å². The van der Waals surface area contributed by atoms with Crippen molar-refractivity contribution in [2.45, 2.75) is 25.7 Å². The van der Waals surface area contributed by atoms with Gasteiger partial charge in [-0.15, -0.1) is 0 Å². The molecule has 14 nitrogen and oxygen atoms in total. The molecule has 1 rings (SSSR count). The van der Waals surface area contributed by atoms with Crippen molar-refractivity contribution < 1.29 is 66.4 Å². The van der Waals surface area contributed by atoms with Gasteiger partial charge in [-0.2, -0.15) is 0 Å². The lowest BCUT2D eigenvalue weighted by Gasteiger charge is -2.09. The molecular weight excluding hydrogens is 795 g/mol. The molecule has 0 radical (unpaired) electrons. The van der Waals surface area contributed by atoms with E-state index < -0.39 is 0 Å². The fourth-order valence-corrected chi connectivity index (χ4v) is 4.56. The lowest BCUT2D eigenvalue weighted by Crippen LogP contribution is -2.15. The smallest absolute Gasteiger partial charge is 0.338 e. The SMILES string of the molecule is O=C(OCCOCCOCCOCCOCCOCCOCCOCCOCCOCCOCCOCCOCCCCCCI)c1ccccc1. The van der Waals surface area contributed by atoms with E-state index in [1.807, 2.05) is 6.07 Å². The van der Waals surface area contributed by atoms with Crippen LogP contribution in [0.15, 0.2) is 30.3 Å². The molecule has 0 aliphatic carbocycles. The minimum Gasteiger partial charge on any atom is -0.460 e. The Kier molecular flexibility index (Phi) is 40.2. The third kappa shape index (κ3) is 37.3. The third-order valence-electron chi connectivity index (χ3n) is 6.73. The highest BCUT2D eigenvalue weighted by Gasteiger charge is 2.05. The van der Waals surface area contributed by atoms with Gasteiger partial charge in [-0.25, -0.2) is 4.79 Å². The molecule has 304 valence electrons. The molecule has 1 aromatic rings. The van der Waals surface area contributed by atoms with Gasteiger partial charge in [0.05, 0.1) is 158 Å². The molecule has 1 aromatic carbocycles. The number of ether oxygens (including phenoxy) is 13. The van der Waals surface area contributed by atoms with Crippen LogP contribution >= 0.6 is 22.6 Å². The zero-order valence-corrected chi connectivity index (χ0v) is 33.4. The fraction of sp³-hybridized carbons (Fsp3) is 0.811. The van der Waals surface area contributed by atoms with Gasteiger partial charge in [0.15, 0.2) is 0 Å². The van der Waals surface area contributed by atoms with Gasteiger partial charge in [0.1, 0.15) is 6.61 Å². The lowest BCUT2D eigenvalue weighted by molar-refractivity contribution is -0.0288. The largest absolute Gasteiger partial charge is 0.460 e. The molecule has 0 saturated carbocycles. The summed E-state index contributed by atoms with van der Waals surface area (Å²) in [6.07, 6.45) is 4.96. The number of carbonyl (C=O) groups is 1. The van der Waals surface area contributed by atoms with Gasteiger partial charge in [-0.1, -0.05) is 53.6 Å². The van der Waals surface area contributed by atoms with E-state index in [1.165, 1.54) is 23.7 Å². The molecule has 0 saturated heterocycles. The second-order valence-corrected chi connectivity index (χ2v) is 12.0. The van der Waals surface area contributed by atoms with E-state index in [-0.39, 0.29) is 12.6 Å². The van der Waals surface area contributed by atoms with Gasteiger partial charge in [0.25, 0.3) is 0 Å². The highest BCUT2D eigenvalue weighted by atomic mass is 127. The Hall–Kier alpha value is -1.06. The second-order valence-electron chi connectivity index (χ2n) is 11.0. The first-order chi connectivity index (χ1) is 25.8. The Morgan fingerprint density at radius 3 is 0.923 bits per heavy atom.